The molecule has 1 aliphatic heterocycles. The topological polar surface area (TPSA) is 60.7 Å². The van der Waals surface area contributed by atoms with E-state index >= 15 is 0 Å². The van der Waals surface area contributed by atoms with Crippen molar-refractivity contribution in [2.75, 3.05) is 25.0 Å². The highest BCUT2D eigenvalue weighted by Gasteiger charge is 2.13. The number of nitrogens with one attached hydrogen (secondary N) is 2. The van der Waals surface area contributed by atoms with E-state index in [0.29, 0.717) is 17.3 Å². The SMILES string of the molecule is N#Cc1cc(Br)cnc1NCC1CCCNC1. The highest BCUT2D eigenvalue weighted by atomic mass is 79.9. The summed E-state index contributed by atoms with van der Waals surface area (Å²) in [5.74, 6) is 1.31. The van der Waals surface area contributed by atoms with Gasteiger partial charge in [0.05, 0.1) is 5.56 Å². The van der Waals surface area contributed by atoms with E-state index in [1.54, 1.807) is 12.3 Å². The van der Waals surface area contributed by atoms with E-state index in [1.807, 2.05) is 0 Å². The van der Waals surface area contributed by atoms with Crippen LogP contribution in [0.4, 0.5) is 5.82 Å². The number of nitrogens with zero attached hydrogens (tertiary/aromatic N) is 2. The van der Waals surface area contributed by atoms with Gasteiger partial charge in [-0.05, 0) is 53.8 Å². The fraction of sp³-hybridized carbons (Fsp3) is 0.500. The second-order valence-electron chi connectivity index (χ2n) is 4.25. The molecule has 5 heteroatoms. The third-order valence-corrected chi connectivity index (χ3v) is 3.37. The maximum atomic E-state index is 9.02. The number of nitriles is 1. The van der Waals surface area contributed by atoms with Crippen LogP contribution in [-0.4, -0.2) is 24.6 Å². The van der Waals surface area contributed by atoms with Crippen molar-refractivity contribution in [1.82, 2.24) is 10.3 Å². The lowest BCUT2D eigenvalue weighted by atomic mass is 10.00. The summed E-state index contributed by atoms with van der Waals surface area (Å²) in [4.78, 5) is 4.23. The van der Waals surface area contributed by atoms with Gasteiger partial charge in [0, 0.05) is 17.2 Å². The lowest BCUT2D eigenvalue weighted by Crippen LogP contribution is -2.33. The molecule has 0 aromatic carbocycles. The average molecular weight is 295 g/mol. The van der Waals surface area contributed by atoms with E-state index in [9.17, 15) is 0 Å². The smallest absolute Gasteiger partial charge is 0.143 e. The molecular formula is C12H15BrN4. The molecule has 0 radical (unpaired) electrons. The third-order valence-electron chi connectivity index (χ3n) is 2.93. The maximum Gasteiger partial charge on any atom is 0.143 e. The van der Waals surface area contributed by atoms with Gasteiger partial charge in [-0.3, -0.25) is 0 Å². The van der Waals surface area contributed by atoms with Crippen LogP contribution in [-0.2, 0) is 0 Å². The summed E-state index contributed by atoms with van der Waals surface area (Å²) >= 11 is 3.31. The fourth-order valence-electron chi connectivity index (χ4n) is 2.00. The Morgan fingerprint density at radius 1 is 1.65 bits per heavy atom. The number of piperidine rings is 1. The number of hydrogen-bond donors (Lipinski definition) is 2. The molecule has 2 rings (SSSR count). The van der Waals surface area contributed by atoms with Crippen LogP contribution in [0.2, 0.25) is 0 Å². The first-order valence-electron chi connectivity index (χ1n) is 5.80. The van der Waals surface area contributed by atoms with Crippen molar-refractivity contribution in [3.63, 3.8) is 0 Å². The summed E-state index contributed by atoms with van der Waals surface area (Å²) in [6, 6.07) is 3.94. The van der Waals surface area contributed by atoms with E-state index in [1.165, 1.54) is 12.8 Å². The largest absolute Gasteiger partial charge is 0.369 e. The quantitative estimate of drug-likeness (QED) is 0.897. The molecule has 0 saturated carbocycles. The minimum absolute atomic E-state index is 0.586. The Morgan fingerprint density at radius 2 is 2.53 bits per heavy atom. The number of rotatable bonds is 3. The molecule has 1 aromatic rings. The van der Waals surface area contributed by atoms with Gasteiger partial charge >= 0.3 is 0 Å². The molecule has 0 spiro atoms. The Kier molecular flexibility index (Phi) is 4.35. The Bertz CT molecular complexity index is 421. The van der Waals surface area contributed by atoms with Crippen LogP contribution in [0, 0.1) is 17.2 Å². The van der Waals surface area contributed by atoms with Gasteiger partial charge in [-0.2, -0.15) is 5.26 Å². The molecular weight excluding hydrogens is 280 g/mol. The van der Waals surface area contributed by atoms with Crippen LogP contribution in [0.15, 0.2) is 16.7 Å². The second kappa shape index (κ2) is 5.99. The standard InChI is InChI=1S/C12H15BrN4/c13-11-4-10(5-14)12(17-8-11)16-7-9-2-1-3-15-6-9/h4,8-9,15H,1-3,6-7H2,(H,16,17). The molecule has 0 bridgehead atoms. The molecule has 2 heterocycles. The number of anilines is 1. The van der Waals surface area contributed by atoms with E-state index < -0.39 is 0 Å². The second-order valence-corrected chi connectivity index (χ2v) is 5.17. The number of aromatic nitrogens is 1. The minimum Gasteiger partial charge on any atom is -0.369 e. The predicted octanol–water partition coefficient (Wildman–Crippen LogP) is 2.13. The van der Waals surface area contributed by atoms with E-state index in [4.69, 9.17) is 5.26 Å². The zero-order valence-corrected chi connectivity index (χ0v) is 11.1. The van der Waals surface area contributed by atoms with E-state index in [2.05, 4.69) is 37.6 Å². The molecule has 4 nitrogen and oxygen atoms in total. The van der Waals surface area contributed by atoms with Crippen molar-refractivity contribution in [2.24, 2.45) is 5.92 Å². The molecule has 0 aliphatic carbocycles. The Hall–Kier alpha value is -1.12. The molecule has 0 amide bonds. The van der Waals surface area contributed by atoms with Crippen LogP contribution >= 0.6 is 15.9 Å². The highest BCUT2D eigenvalue weighted by molar-refractivity contribution is 9.10. The Balaban J connectivity index is 1.96. The summed E-state index contributed by atoms with van der Waals surface area (Å²) in [5, 5.41) is 15.7. The van der Waals surface area contributed by atoms with Crippen LogP contribution in [0.25, 0.3) is 0 Å². The van der Waals surface area contributed by atoms with Gasteiger partial charge in [0.25, 0.3) is 0 Å². The highest BCUT2D eigenvalue weighted by Crippen LogP contribution is 2.18. The van der Waals surface area contributed by atoms with E-state index in [-0.39, 0.29) is 0 Å². The Labute approximate surface area is 110 Å². The van der Waals surface area contributed by atoms with Gasteiger partial charge in [0.1, 0.15) is 11.9 Å². The zero-order valence-electron chi connectivity index (χ0n) is 9.54. The number of pyridine rings is 1. The summed E-state index contributed by atoms with van der Waals surface area (Å²) < 4.78 is 0.832. The first-order chi connectivity index (χ1) is 8.29. The summed E-state index contributed by atoms with van der Waals surface area (Å²) in [6.07, 6.45) is 4.17. The molecule has 1 unspecified atom stereocenters. The molecule has 1 atom stereocenters. The number of halogens is 1. The van der Waals surface area contributed by atoms with E-state index in [0.717, 1.165) is 24.1 Å². The van der Waals surface area contributed by atoms with Crippen molar-refractivity contribution in [3.05, 3.63) is 22.3 Å². The molecule has 1 aromatic heterocycles. The third kappa shape index (κ3) is 3.42. The first kappa shape index (κ1) is 12.3. The molecule has 17 heavy (non-hydrogen) atoms. The predicted molar refractivity (Wildman–Crippen MR) is 70.7 cm³/mol. The van der Waals surface area contributed by atoms with Gasteiger partial charge in [-0.1, -0.05) is 0 Å². The van der Waals surface area contributed by atoms with Crippen LogP contribution in [0.5, 0.6) is 0 Å². The zero-order chi connectivity index (χ0) is 12.1. The monoisotopic (exact) mass is 294 g/mol. The van der Waals surface area contributed by atoms with Crippen molar-refractivity contribution < 1.29 is 0 Å². The molecule has 1 saturated heterocycles. The maximum absolute atomic E-state index is 9.02. The van der Waals surface area contributed by atoms with Gasteiger partial charge < -0.3 is 10.6 Å². The molecule has 1 aliphatic rings. The lowest BCUT2D eigenvalue weighted by Gasteiger charge is -2.23. The summed E-state index contributed by atoms with van der Waals surface area (Å²) in [5.41, 5.74) is 0.586. The van der Waals surface area contributed by atoms with Gasteiger partial charge in [-0.15, -0.1) is 0 Å². The summed E-state index contributed by atoms with van der Waals surface area (Å²) in [6.45, 7) is 3.04. The number of hydrogen-bond acceptors (Lipinski definition) is 4. The van der Waals surface area contributed by atoms with Crippen molar-refractivity contribution in [3.8, 4) is 6.07 Å². The van der Waals surface area contributed by atoms with Gasteiger partial charge in [0.15, 0.2) is 0 Å². The van der Waals surface area contributed by atoms with Crippen LogP contribution in [0.3, 0.4) is 0 Å². The molecule has 90 valence electrons. The fourth-order valence-corrected chi connectivity index (χ4v) is 2.34. The normalized spacial score (nSPS) is 19.6. The molecule has 2 N–H and O–H groups in total. The van der Waals surface area contributed by atoms with Gasteiger partial charge in [0.2, 0.25) is 0 Å². The average Bonchev–Trinajstić information content (AvgIpc) is 2.38. The van der Waals surface area contributed by atoms with Crippen LogP contribution < -0.4 is 10.6 Å². The lowest BCUT2D eigenvalue weighted by molar-refractivity contribution is 0.392. The van der Waals surface area contributed by atoms with Gasteiger partial charge in [-0.25, -0.2) is 4.98 Å². The van der Waals surface area contributed by atoms with Crippen molar-refractivity contribution in [1.29, 1.82) is 5.26 Å². The van der Waals surface area contributed by atoms with Crippen molar-refractivity contribution in [2.45, 2.75) is 12.8 Å². The molecule has 1 fully saturated rings. The minimum atomic E-state index is 0.586. The van der Waals surface area contributed by atoms with Crippen molar-refractivity contribution >= 4 is 21.7 Å². The first-order valence-corrected chi connectivity index (χ1v) is 6.59. The Morgan fingerprint density at radius 3 is 3.24 bits per heavy atom. The van der Waals surface area contributed by atoms with Crippen LogP contribution in [0.1, 0.15) is 18.4 Å². The summed E-state index contributed by atoms with van der Waals surface area (Å²) in [7, 11) is 0.